The third-order valence-corrected chi connectivity index (χ3v) is 4.28. The Balaban J connectivity index is 1.95. The van der Waals surface area contributed by atoms with Crippen molar-refractivity contribution in [3.05, 3.63) is 47.5 Å². The fraction of sp³-hybridized carbons (Fsp3) is 0.222. The third kappa shape index (κ3) is 5.94. The highest BCUT2D eigenvalue weighted by atomic mass is 32.2. The number of rotatable bonds is 7. The number of benzene rings is 2. The predicted molar refractivity (Wildman–Crippen MR) is 105 cm³/mol. The highest BCUT2D eigenvalue weighted by molar-refractivity contribution is 8.12. The Morgan fingerprint density at radius 1 is 0.967 bits per heavy atom. The monoisotopic (exact) mass is 445 g/mol. The molecule has 0 bridgehead atoms. The molecule has 2 rings (SSSR count). The van der Waals surface area contributed by atoms with Gasteiger partial charge in [0.1, 0.15) is 0 Å². The van der Waals surface area contributed by atoms with Crippen molar-refractivity contribution in [2.45, 2.75) is 6.18 Å². The number of hydrazine groups is 1. The van der Waals surface area contributed by atoms with Crippen molar-refractivity contribution in [1.82, 2.24) is 10.3 Å². The first-order valence-corrected chi connectivity index (χ1v) is 9.01. The van der Waals surface area contributed by atoms with E-state index in [1.807, 2.05) is 0 Å². The van der Waals surface area contributed by atoms with E-state index in [4.69, 9.17) is 14.2 Å². The molecule has 0 aliphatic rings. The van der Waals surface area contributed by atoms with Gasteiger partial charge in [-0.1, -0.05) is 6.07 Å². The van der Waals surface area contributed by atoms with Gasteiger partial charge in [-0.25, -0.2) is 4.79 Å². The molecule has 0 saturated heterocycles. The number of methoxy groups -OCH3 is 3. The molecule has 3 N–H and O–H groups in total. The lowest BCUT2D eigenvalue weighted by atomic mass is 10.2. The average Bonchev–Trinajstić information content (AvgIpc) is 2.71. The molecule has 0 radical (unpaired) electrons. The van der Waals surface area contributed by atoms with Crippen molar-refractivity contribution >= 4 is 28.8 Å². The topological polar surface area (TPSA) is 97.9 Å². The Bertz CT molecular complexity index is 899. The zero-order valence-electron chi connectivity index (χ0n) is 16.0. The summed E-state index contributed by atoms with van der Waals surface area (Å²) in [7, 11) is 4.22. The van der Waals surface area contributed by atoms with Crippen LogP contribution in [0.5, 0.6) is 17.2 Å². The molecule has 0 spiro atoms. The van der Waals surface area contributed by atoms with Gasteiger partial charge in [-0.05, 0) is 30.3 Å². The first kappa shape index (κ1) is 23.2. The molecular weight excluding hydrogens is 427 g/mol. The molecule has 0 unspecified atom stereocenters. The van der Waals surface area contributed by atoms with Crippen LogP contribution in [0.15, 0.2) is 36.4 Å². The lowest BCUT2D eigenvalue weighted by Gasteiger charge is -2.14. The van der Waals surface area contributed by atoms with E-state index in [9.17, 15) is 22.8 Å². The number of urea groups is 1. The summed E-state index contributed by atoms with van der Waals surface area (Å²) in [6.45, 7) is 0. The van der Waals surface area contributed by atoms with Crippen molar-refractivity contribution in [3.63, 3.8) is 0 Å². The summed E-state index contributed by atoms with van der Waals surface area (Å²) in [6.07, 6.45) is -4.53. The van der Waals surface area contributed by atoms with Crippen LogP contribution in [0.25, 0.3) is 0 Å². The first-order valence-electron chi connectivity index (χ1n) is 8.20. The van der Waals surface area contributed by atoms with Gasteiger partial charge in [0.15, 0.2) is 11.5 Å². The summed E-state index contributed by atoms with van der Waals surface area (Å²) in [5.74, 6) is 0.861. The molecule has 12 heteroatoms. The molecule has 2 amide bonds. The number of hydrogen-bond acceptors (Lipinski definition) is 7. The minimum Gasteiger partial charge on any atom is -0.493 e. The summed E-state index contributed by atoms with van der Waals surface area (Å²) in [4.78, 5) is 26.5. The van der Waals surface area contributed by atoms with Gasteiger partial charge in [-0.3, -0.25) is 10.2 Å². The normalized spacial score (nSPS) is 10.9. The maximum atomic E-state index is 12.7. The van der Waals surface area contributed by atoms with Crippen molar-refractivity contribution in [1.29, 1.82) is 0 Å². The SMILES string of the molecule is COc1cc(C(=O)SNNC(=O)Nc2cccc(C(F)(F)F)c2)cc(OC)c1OC. The fourth-order valence-electron chi connectivity index (χ4n) is 2.31. The van der Waals surface area contributed by atoms with Crippen LogP contribution in [0.3, 0.4) is 0 Å². The van der Waals surface area contributed by atoms with Crippen LogP contribution in [0.2, 0.25) is 0 Å². The Morgan fingerprint density at radius 3 is 2.13 bits per heavy atom. The number of hydrogen-bond donors (Lipinski definition) is 3. The maximum Gasteiger partial charge on any atom is 0.416 e. The van der Waals surface area contributed by atoms with Crippen molar-refractivity contribution in [2.24, 2.45) is 0 Å². The Morgan fingerprint density at radius 2 is 1.60 bits per heavy atom. The molecule has 162 valence electrons. The number of alkyl halides is 3. The van der Waals surface area contributed by atoms with Crippen molar-refractivity contribution in [2.75, 3.05) is 26.6 Å². The lowest BCUT2D eigenvalue weighted by Crippen LogP contribution is -2.37. The van der Waals surface area contributed by atoms with Gasteiger partial charge in [0.2, 0.25) is 10.9 Å². The lowest BCUT2D eigenvalue weighted by molar-refractivity contribution is -0.137. The second kappa shape index (κ2) is 10.1. The van der Waals surface area contributed by atoms with E-state index in [-0.39, 0.29) is 22.7 Å². The zero-order valence-corrected chi connectivity index (χ0v) is 16.9. The minimum atomic E-state index is -4.53. The van der Waals surface area contributed by atoms with Gasteiger partial charge in [0.05, 0.1) is 26.9 Å². The minimum absolute atomic E-state index is 0.0647. The third-order valence-electron chi connectivity index (χ3n) is 3.66. The highest BCUT2D eigenvalue weighted by Gasteiger charge is 2.30. The van der Waals surface area contributed by atoms with Gasteiger partial charge in [0, 0.05) is 23.2 Å². The first-order chi connectivity index (χ1) is 14.2. The molecule has 0 aromatic heterocycles. The molecular formula is C18H18F3N3O5S. The van der Waals surface area contributed by atoms with Gasteiger partial charge < -0.3 is 19.5 Å². The van der Waals surface area contributed by atoms with Crippen molar-refractivity contribution < 1.29 is 37.0 Å². The quantitative estimate of drug-likeness (QED) is 0.440. The number of carbonyl (C=O) groups is 2. The van der Waals surface area contributed by atoms with Crippen LogP contribution >= 0.6 is 11.9 Å². The Hall–Kier alpha value is -3.12. The van der Waals surface area contributed by atoms with E-state index >= 15 is 0 Å². The molecule has 8 nitrogen and oxygen atoms in total. The molecule has 30 heavy (non-hydrogen) atoms. The average molecular weight is 445 g/mol. The van der Waals surface area contributed by atoms with E-state index in [1.54, 1.807) is 0 Å². The largest absolute Gasteiger partial charge is 0.493 e. The van der Waals surface area contributed by atoms with Crippen LogP contribution in [-0.2, 0) is 6.18 Å². The number of carbonyl (C=O) groups excluding carboxylic acids is 2. The molecule has 0 aliphatic carbocycles. The summed E-state index contributed by atoms with van der Waals surface area (Å²) in [5.41, 5.74) is 1.37. The Kier molecular flexibility index (Phi) is 7.78. The molecule has 0 fully saturated rings. The number of halogens is 3. The van der Waals surface area contributed by atoms with E-state index in [2.05, 4.69) is 15.6 Å². The van der Waals surface area contributed by atoms with Crippen LogP contribution in [0.1, 0.15) is 15.9 Å². The number of anilines is 1. The fourth-order valence-corrected chi connectivity index (χ4v) is 2.78. The molecule has 0 saturated carbocycles. The molecule has 0 atom stereocenters. The van der Waals surface area contributed by atoms with Crippen LogP contribution in [0, 0.1) is 0 Å². The van der Waals surface area contributed by atoms with E-state index in [0.29, 0.717) is 17.7 Å². The number of amides is 2. The van der Waals surface area contributed by atoms with Crippen LogP contribution in [-0.4, -0.2) is 32.5 Å². The van der Waals surface area contributed by atoms with E-state index in [1.165, 1.54) is 39.5 Å². The van der Waals surface area contributed by atoms with Gasteiger partial charge in [-0.2, -0.15) is 18.0 Å². The summed E-state index contributed by atoms with van der Waals surface area (Å²) in [6, 6.07) is 6.13. The van der Waals surface area contributed by atoms with Crippen LogP contribution < -0.4 is 29.8 Å². The number of nitrogens with one attached hydrogen (secondary N) is 3. The molecule has 0 heterocycles. The molecule has 0 aliphatic heterocycles. The van der Waals surface area contributed by atoms with Gasteiger partial charge >= 0.3 is 12.2 Å². The predicted octanol–water partition coefficient (Wildman–Crippen LogP) is 3.85. The highest BCUT2D eigenvalue weighted by Crippen LogP contribution is 2.38. The second-order valence-corrected chi connectivity index (χ2v) is 6.34. The van der Waals surface area contributed by atoms with Crippen molar-refractivity contribution in [3.8, 4) is 17.2 Å². The summed E-state index contributed by atoms with van der Waals surface area (Å²) in [5, 5.41) is 1.73. The second-order valence-electron chi connectivity index (χ2n) is 5.56. The van der Waals surface area contributed by atoms with E-state index < -0.39 is 22.9 Å². The van der Waals surface area contributed by atoms with E-state index in [0.717, 1.165) is 18.2 Å². The maximum absolute atomic E-state index is 12.7. The summed E-state index contributed by atoms with van der Waals surface area (Å²) < 4.78 is 53.6. The van der Waals surface area contributed by atoms with Gasteiger partial charge in [-0.15, -0.1) is 0 Å². The van der Waals surface area contributed by atoms with Gasteiger partial charge in [0.25, 0.3) is 0 Å². The standard InChI is InChI=1S/C18H18F3N3O5S/c1-27-13-7-10(8-14(28-2)15(13)29-3)16(25)30-24-23-17(26)22-12-6-4-5-11(9-12)18(19,20)21/h4-9,24H,1-3H3,(H2,22,23,26). The smallest absolute Gasteiger partial charge is 0.416 e. The summed E-state index contributed by atoms with van der Waals surface area (Å²) >= 11 is 0.535. The van der Waals surface area contributed by atoms with Crippen LogP contribution in [0.4, 0.5) is 23.7 Å². The zero-order chi connectivity index (χ0) is 22.3. The number of ether oxygens (including phenoxy) is 3. The molecule has 2 aromatic carbocycles. The molecule has 2 aromatic rings. The Labute approximate surface area is 174 Å².